The van der Waals surface area contributed by atoms with E-state index in [1.165, 1.54) is 11.3 Å². The number of carbonyl (C=O) groups excluding carboxylic acids is 1. The van der Waals surface area contributed by atoms with E-state index in [1.54, 1.807) is 6.20 Å². The van der Waals surface area contributed by atoms with Gasteiger partial charge in [0.05, 0.1) is 6.54 Å². The van der Waals surface area contributed by atoms with Crippen LogP contribution in [-0.4, -0.2) is 47.0 Å². The van der Waals surface area contributed by atoms with Crippen molar-refractivity contribution in [1.82, 2.24) is 9.88 Å². The summed E-state index contributed by atoms with van der Waals surface area (Å²) in [4.78, 5) is 17.9. The summed E-state index contributed by atoms with van der Waals surface area (Å²) in [6.07, 6.45) is 3.64. The Balaban J connectivity index is 1.81. The minimum Gasteiger partial charge on any atom is -0.396 e. The topological polar surface area (TPSA) is 53.4 Å². The fourth-order valence-corrected chi connectivity index (χ4v) is 2.53. The summed E-state index contributed by atoms with van der Waals surface area (Å²) in [5.74, 6) is 0.531. The average Bonchev–Trinajstić information content (AvgIpc) is 2.83. The number of thiazole rings is 1. The summed E-state index contributed by atoms with van der Waals surface area (Å²) >= 11 is 1.40. The smallest absolute Gasteiger partial charge is 0.205 e. The Morgan fingerprint density at radius 3 is 2.88 bits per heavy atom. The second-order valence-corrected chi connectivity index (χ2v) is 5.06. The number of rotatable bonds is 4. The number of piperidine rings is 1. The average molecular weight is 240 g/mol. The van der Waals surface area contributed by atoms with E-state index in [9.17, 15) is 4.79 Å². The summed E-state index contributed by atoms with van der Waals surface area (Å²) < 4.78 is 0. The maximum Gasteiger partial charge on any atom is 0.205 e. The van der Waals surface area contributed by atoms with Crippen LogP contribution in [0, 0.1) is 5.92 Å². The molecule has 16 heavy (non-hydrogen) atoms. The van der Waals surface area contributed by atoms with Crippen LogP contribution in [0.25, 0.3) is 0 Å². The molecule has 1 saturated heterocycles. The Hall–Kier alpha value is -0.780. The number of Topliss-reactive ketones (excluding diaryl/α,β-unsaturated/α-hetero) is 1. The zero-order valence-corrected chi connectivity index (χ0v) is 9.95. The van der Waals surface area contributed by atoms with Gasteiger partial charge in [-0.1, -0.05) is 0 Å². The number of hydrogen-bond donors (Lipinski definition) is 1. The van der Waals surface area contributed by atoms with Gasteiger partial charge in [-0.15, -0.1) is 11.3 Å². The Bertz CT molecular complexity index is 332. The molecule has 1 aromatic rings. The minimum absolute atomic E-state index is 0.109. The van der Waals surface area contributed by atoms with Crippen LogP contribution in [0.1, 0.15) is 22.6 Å². The number of nitrogens with zero attached hydrogens (tertiary/aromatic N) is 2. The lowest BCUT2D eigenvalue weighted by Gasteiger charge is -2.30. The van der Waals surface area contributed by atoms with Crippen molar-refractivity contribution in [3.63, 3.8) is 0 Å². The monoisotopic (exact) mass is 240 g/mol. The molecule has 0 saturated carbocycles. The van der Waals surface area contributed by atoms with Crippen LogP contribution < -0.4 is 0 Å². The van der Waals surface area contributed by atoms with Gasteiger partial charge in [0.15, 0.2) is 5.01 Å². The van der Waals surface area contributed by atoms with Gasteiger partial charge in [0, 0.05) is 18.2 Å². The lowest BCUT2D eigenvalue weighted by atomic mass is 9.98. The number of carbonyl (C=O) groups is 1. The molecule has 1 fully saturated rings. The molecule has 0 spiro atoms. The number of aromatic nitrogens is 1. The Kier molecular flexibility index (Phi) is 4.04. The predicted octanol–water partition coefficient (Wildman–Crippen LogP) is 1.03. The highest BCUT2D eigenvalue weighted by Crippen LogP contribution is 2.16. The van der Waals surface area contributed by atoms with Crippen LogP contribution in [0.3, 0.4) is 0 Å². The molecule has 0 aromatic carbocycles. The minimum atomic E-state index is 0.109. The van der Waals surface area contributed by atoms with Crippen molar-refractivity contribution in [1.29, 1.82) is 0 Å². The number of likely N-dealkylation sites (tertiary alicyclic amines) is 1. The number of ketones is 1. The third kappa shape index (κ3) is 2.87. The number of aliphatic hydroxyl groups is 1. The molecule has 88 valence electrons. The molecule has 5 heteroatoms. The van der Waals surface area contributed by atoms with Gasteiger partial charge in [-0.05, 0) is 31.8 Å². The summed E-state index contributed by atoms with van der Waals surface area (Å²) in [5, 5.41) is 11.4. The highest BCUT2D eigenvalue weighted by atomic mass is 32.1. The van der Waals surface area contributed by atoms with Crippen molar-refractivity contribution < 1.29 is 9.90 Å². The quantitative estimate of drug-likeness (QED) is 0.799. The molecule has 2 rings (SSSR count). The molecule has 4 nitrogen and oxygen atoms in total. The molecule has 1 aliphatic heterocycles. The normalized spacial score (nSPS) is 18.8. The molecular weight excluding hydrogens is 224 g/mol. The van der Waals surface area contributed by atoms with E-state index in [4.69, 9.17) is 5.11 Å². The molecular formula is C11H16N2O2S. The van der Waals surface area contributed by atoms with Gasteiger partial charge in [0.25, 0.3) is 0 Å². The van der Waals surface area contributed by atoms with E-state index in [0.29, 0.717) is 17.5 Å². The first kappa shape index (κ1) is 11.7. The van der Waals surface area contributed by atoms with Gasteiger partial charge in [-0.2, -0.15) is 0 Å². The van der Waals surface area contributed by atoms with Gasteiger partial charge >= 0.3 is 0 Å². The largest absolute Gasteiger partial charge is 0.396 e. The zero-order chi connectivity index (χ0) is 11.4. The maximum absolute atomic E-state index is 11.8. The second-order valence-electron chi connectivity index (χ2n) is 4.16. The summed E-state index contributed by atoms with van der Waals surface area (Å²) in [6, 6.07) is 0. The molecule has 0 atom stereocenters. The van der Waals surface area contributed by atoms with Crippen molar-refractivity contribution >= 4 is 17.1 Å². The van der Waals surface area contributed by atoms with Crippen molar-refractivity contribution in [3.05, 3.63) is 16.6 Å². The standard InChI is InChI=1S/C11H16N2O2S/c14-8-9-1-4-13(5-2-9)7-10(15)11-12-3-6-16-11/h3,6,9,14H,1-2,4-5,7-8H2. The van der Waals surface area contributed by atoms with Crippen molar-refractivity contribution in [2.24, 2.45) is 5.92 Å². The van der Waals surface area contributed by atoms with Crippen LogP contribution >= 0.6 is 11.3 Å². The molecule has 1 aromatic heterocycles. The van der Waals surface area contributed by atoms with Crippen LogP contribution in [0.2, 0.25) is 0 Å². The highest BCUT2D eigenvalue weighted by Gasteiger charge is 2.21. The highest BCUT2D eigenvalue weighted by molar-refractivity contribution is 7.11. The van der Waals surface area contributed by atoms with Crippen LogP contribution in [-0.2, 0) is 0 Å². The fraction of sp³-hybridized carbons (Fsp3) is 0.636. The number of hydrogen-bond acceptors (Lipinski definition) is 5. The summed E-state index contributed by atoms with van der Waals surface area (Å²) in [6.45, 7) is 2.55. The van der Waals surface area contributed by atoms with E-state index >= 15 is 0 Å². The van der Waals surface area contributed by atoms with Gasteiger partial charge in [-0.3, -0.25) is 9.69 Å². The predicted molar refractivity (Wildman–Crippen MR) is 62.7 cm³/mol. The van der Waals surface area contributed by atoms with Gasteiger partial charge in [-0.25, -0.2) is 4.98 Å². The third-order valence-corrected chi connectivity index (χ3v) is 3.82. The first-order valence-corrected chi connectivity index (χ1v) is 6.43. The second kappa shape index (κ2) is 5.52. The van der Waals surface area contributed by atoms with E-state index in [-0.39, 0.29) is 12.4 Å². The lowest BCUT2D eigenvalue weighted by Crippen LogP contribution is -2.38. The van der Waals surface area contributed by atoms with Crippen LogP contribution in [0.4, 0.5) is 0 Å². The zero-order valence-electron chi connectivity index (χ0n) is 9.13. The molecule has 0 unspecified atom stereocenters. The number of aliphatic hydroxyl groups excluding tert-OH is 1. The van der Waals surface area contributed by atoms with E-state index in [2.05, 4.69) is 9.88 Å². The molecule has 0 radical (unpaired) electrons. The summed E-state index contributed by atoms with van der Waals surface area (Å²) in [7, 11) is 0. The van der Waals surface area contributed by atoms with E-state index < -0.39 is 0 Å². The van der Waals surface area contributed by atoms with Gasteiger partial charge in [0.2, 0.25) is 5.78 Å². The fourth-order valence-electron chi connectivity index (χ4n) is 1.96. The van der Waals surface area contributed by atoms with E-state index in [0.717, 1.165) is 25.9 Å². The first-order valence-electron chi connectivity index (χ1n) is 5.55. The van der Waals surface area contributed by atoms with Crippen LogP contribution in [0.15, 0.2) is 11.6 Å². The van der Waals surface area contributed by atoms with Crippen LogP contribution in [0.5, 0.6) is 0 Å². The van der Waals surface area contributed by atoms with Gasteiger partial charge in [0.1, 0.15) is 0 Å². The van der Waals surface area contributed by atoms with E-state index in [1.807, 2.05) is 5.38 Å². The molecule has 0 bridgehead atoms. The van der Waals surface area contributed by atoms with Crippen molar-refractivity contribution in [2.75, 3.05) is 26.2 Å². The maximum atomic E-state index is 11.8. The van der Waals surface area contributed by atoms with Crippen molar-refractivity contribution in [2.45, 2.75) is 12.8 Å². The molecule has 0 aliphatic carbocycles. The Morgan fingerprint density at radius 2 is 2.31 bits per heavy atom. The molecule has 0 amide bonds. The van der Waals surface area contributed by atoms with Gasteiger partial charge < -0.3 is 5.11 Å². The van der Waals surface area contributed by atoms with Crippen molar-refractivity contribution in [3.8, 4) is 0 Å². The first-order chi connectivity index (χ1) is 7.79. The molecule has 1 aliphatic rings. The SMILES string of the molecule is O=C(CN1CCC(CO)CC1)c1nccs1. The summed E-state index contributed by atoms with van der Waals surface area (Å²) in [5.41, 5.74) is 0. The molecule has 1 N–H and O–H groups in total. The Labute approximate surface area is 98.9 Å². The Morgan fingerprint density at radius 1 is 1.56 bits per heavy atom. The lowest BCUT2D eigenvalue weighted by molar-refractivity contribution is 0.0864. The molecule has 2 heterocycles. The third-order valence-electron chi connectivity index (χ3n) is 3.00.